The summed E-state index contributed by atoms with van der Waals surface area (Å²) in [6.45, 7) is 4.59. The molecule has 7 atom stereocenters. The zero-order valence-electron chi connectivity index (χ0n) is 16.1. The first-order chi connectivity index (χ1) is 12.8. The molecule has 160 valence electrons. The molecule has 0 aromatic carbocycles. The largest absolute Gasteiger partial charge is 0.440 e. The average Bonchev–Trinajstić information content (AvgIpc) is 3.16. The van der Waals surface area contributed by atoms with Crippen LogP contribution in [0, 0.1) is 41.4 Å². The van der Waals surface area contributed by atoms with Crippen molar-refractivity contribution in [2.75, 3.05) is 0 Å². The molecule has 28 heavy (non-hydrogen) atoms. The molecule has 0 N–H and O–H groups in total. The highest BCUT2D eigenvalue weighted by Crippen LogP contribution is 2.67. The Bertz CT molecular complexity index is 624. The van der Waals surface area contributed by atoms with Gasteiger partial charge in [0.05, 0.1) is 0 Å². The molecule has 3 saturated carbocycles. The Labute approximate surface area is 160 Å². The molecule has 0 aromatic rings. The Morgan fingerprint density at radius 3 is 2.14 bits per heavy atom. The highest BCUT2D eigenvalue weighted by atomic mass is 19.4. The minimum Gasteiger partial charge on any atom is -0.440 e. The van der Waals surface area contributed by atoms with Crippen LogP contribution >= 0.6 is 0 Å². The Morgan fingerprint density at radius 1 is 1.04 bits per heavy atom. The van der Waals surface area contributed by atoms with E-state index >= 15 is 0 Å². The molecular formula is C20H26F6O2. The molecule has 0 spiro atoms. The van der Waals surface area contributed by atoms with Crippen LogP contribution in [-0.2, 0) is 9.53 Å². The molecule has 0 heterocycles. The number of rotatable bonds is 4. The minimum atomic E-state index is -5.72. The predicted octanol–water partition coefficient (Wildman–Crippen LogP) is 5.92. The fraction of sp³-hybridized carbons (Fsp3) is 0.850. The van der Waals surface area contributed by atoms with Crippen molar-refractivity contribution in [2.45, 2.75) is 64.4 Å². The predicted molar refractivity (Wildman–Crippen MR) is 90.0 cm³/mol. The standard InChI is InChI=1S/C20H26F6O2/c1-4-5-12-6-10(2)16-13-7-14(15(8-13)17(12)16)9-18(19(21,22)23,20(24,25)26)28-11(3)27/h4-5,10,12-17H,6-9H2,1-3H3/b5-4+. The van der Waals surface area contributed by atoms with E-state index in [0.29, 0.717) is 31.6 Å². The first-order valence-electron chi connectivity index (χ1n) is 9.78. The number of halogens is 6. The first kappa shape index (κ1) is 21.5. The monoisotopic (exact) mass is 412 g/mol. The Kier molecular flexibility index (Phi) is 5.33. The van der Waals surface area contributed by atoms with Crippen molar-refractivity contribution in [1.29, 1.82) is 0 Å². The number of hydrogen-bond acceptors (Lipinski definition) is 2. The highest BCUT2D eigenvalue weighted by Gasteiger charge is 2.75. The second-order valence-electron chi connectivity index (χ2n) is 8.83. The molecule has 3 aliphatic rings. The van der Waals surface area contributed by atoms with E-state index in [1.54, 1.807) is 0 Å². The molecule has 8 heteroatoms. The molecule has 0 saturated heterocycles. The van der Waals surface area contributed by atoms with Gasteiger partial charge in [-0.25, -0.2) is 0 Å². The molecule has 7 unspecified atom stereocenters. The number of esters is 1. The third-order valence-corrected chi connectivity index (χ3v) is 7.29. The molecule has 2 bridgehead atoms. The molecule has 0 aliphatic heterocycles. The van der Waals surface area contributed by atoms with Gasteiger partial charge in [-0.2, -0.15) is 26.3 Å². The van der Waals surface area contributed by atoms with Gasteiger partial charge >= 0.3 is 23.9 Å². The van der Waals surface area contributed by atoms with E-state index in [9.17, 15) is 31.1 Å². The smallest absolute Gasteiger partial charge is 0.437 e. The molecule has 2 nitrogen and oxygen atoms in total. The van der Waals surface area contributed by atoms with Crippen molar-refractivity contribution in [3.8, 4) is 0 Å². The molecule has 0 amide bonds. The van der Waals surface area contributed by atoms with Gasteiger partial charge in [-0.05, 0) is 67.6 Å². The number of ether oxygens (including phenoxy) is 1. The van der Waals surface area contributed by atoms with Crippen LogP contribution in [0.5, 0.6) is 0 Å². The maximum atomic E-state index is 13.6. The third-order valence-electron chi connectivity index (χ3n) is 7.29. The van der Waals surface area contributed by atoms with Gasteiger partial charge in [0.1, 0.15) is 0 Å². The lowest BCUT2D eigenvalue weighted by Crippen LogP contribution is -2.60. The summed E-state index contributed by atoms with van der Waals surface area (Å²) in [5.41, 5.74) is -4.43. The van der Waals surface area contributed by atoms with E-state index in [-0.39, 0.29) is 23.7 Å². The van der Waals surface area contributed by atoms with E-state index in [2.05, 4.69) is 11.7 Å². The summed E-state index contributed by atoms with van der Waals surface area (Å²) in [5, 5.41) is 0. The Morgan fingerprint density at radius 2 is 1.64 bits per heavy atom. The number of fused-ring (bicyclic) bond motifs is 5. The summed E-state index contributed by atoms with van der Waals surface area (Å²) in [7, 11) is 0. The topological polar surface area (TPSA) is 26.3 Å². The maximum Gasteiger partial charge on any atom is 0.437 e. The summed E-state index contributed by atoms with van der Waals surface area (Å²) >= 11 is 0. The van der Waals surface area contributed by atoms with Crippen LogP contribution in [-0.4, -0.2) is 23.9 Å². The average molecular weight is 412 g/mol. The van der Waals surface area contributed by atoms with Gasteiger partial charge in [-0.1, -0.05) is 19.1 Å². The van der Waals surface area contributed by atoms with Gasteiger partial charge in [0.25, 0.3) is 0 Å². The van der Waals surface area contributed by atoms with Crippen LogP contribution in [0.2, 0.25) is 0 Å². The van der Waals surface area contributed by atoms with E-state index in [1.165, 1.54) is 0 Å². The second-order valence-corrected chi connectivity index (χ2v) is 8.83. The summed E-state index contributed by atoms with van der Waals surface area (Å²) in [5.74, 6) is -1.27. The van der Waals surface area contributed by atoms with Gasteiger partial charge in [-0.3, -0.25) is 4.79 Å². The lowest BCUT2D eigenvalue weighted by Gasteiger charge is -2.42. The van der Waals surface area contributed by atoms with Gasteiger partial charge in [0, 0.05) is 13.3 Å². The molecule has 3 rings (SSSR count). The van der Waals surface area contributed by atoms with Crippen molar-refractivity contribution in [3.63, 3.8) is 0 Å². The SMILES string of the molecule is C/C=C/C1CC(C)C2C3CC(CC(OC(C)=O)(C(F)(F)F)C(F)(F)F)C(C3)C12. The van der Waals surface area contributed by atoms with Crippen molar-refractivity contribution in [1.82, 2.24) is 0 Å². The van der Waals surface area contributed by atoms with Gasteiger partial charge in [0.15, 0.2) is 0 Å². The zero-order valence-corrected chi connectivity index (χ0v) is 16.1. The van der Waals surface area contributed by atoms with Crippen LogP contribution in [0.4, 0.5) is 26.3 Å². The second kappa shape index (κ2) is 6.94. The van der Waals surface area contributed by atoms with E-state index in [1.807, 2.05) is 19.1 Å². The summed E-state index contributed by atoms with van der Waals surface area (Å²) < 4.78 is 85.9. The number of carbonyl (C=O) groups excluding carboxylic acids is 1. The lowest BCUT2D eigenvalue weighted by atomic mass is 9.68. The minimum absolute atomic E-state index is 0.117. The lowest BCUT2D eigenvalue weighted by molar-refractivity contribution is -0.374. The number of alkyl halides is 6. The highest BCUT2D eigenvalue weighted by molar-refractivity contribution is 5.66. The Hall–Kier alpha value is -1.21. The van der Waals surface area contributed by atoms with Crippen LogP contribution in [0.1, 0.15) is 46.5 Å². The number of hydrogen-bond donors (Lipinski definition) is 0. The van der Waals surface area contributed by atoms with Crippen LogP contribution in [0.25, 0.3) is 0 Å². The molecule has 3 aliphatic carbocycles. The molecule has 0 radical (unpaired) electrons. The number of allylic oxidation sites excluding steroid dienone is 2. The zero-order chi connectivity index (χ0) is 21.1. The van der Waals surface area contributed by atoms with Crippen molar-refractivity contribution in [2.24, 2.45) is 41.4 Å². The summed E-state index contributed by atoms with van der Waals surface area (Å²) in [6, 6.07) is 0. The molecule has 3 fully saturated rings. The van der Waals surface area contributed by atoms with Gasteiger partial charge in [-0.15, -0.1) is 0 Å². The normalized spacial score (nSPS) is 38.2. The fourth-order valence-corrected chi connectivity index (χ4v) is 6.63. The number of carbonyl (C=O) groups is 1. The van der Waals surface area contributed by atoms with Crippen molar-refractivity contribution < 1.29 is 35.9 Å². The molecule has 0 aromatic heterocycles. The van der Waals surface area contributed by atoms with Crippen LogP contribution < -0.4 is 0 Å². The summed E-state index contributed by atoms with van der Waals surface area (Å²) in [4.78, 5) is 11.2. The van der Waals surface area contributed by atoms with E-state index < -0.39 is 36.3 Å². The van der Waals surface area contributed by atoms with E-state index in [4.69, 9.17) is 0 Å². The van der Waals surface area contributed by atoms with Crippen LogP contribution in [0.3, 0.4) is 0 Å². The third kappa shape index (κ3) is 3.24. The van der Waals surface area contributed by atoms with Crippen molar-refractivity contribution >= 4 is 5.97 Å². The van der Waals surface area contributed by atoms with Gasteiger partial charge < -0.3 is 4.74 Å². The van der Waals surface area contributed by atoms with E-state index in [0.717, 1.165) is 6.42 Å². The quantitative estimate of drug-likeness (QED) is 0.325. The first-order valence-corrected chi connectivity index (χ1v) is 9.78. The van der Waals surface area contributed by atoms with Gasteiger partial charge in [0.2, 0.25) is 0 Å². The summed E-state index contributed by atoms with van der Waals surface area (Å²) in [6.07, 6.45) is -6.78. The fourth-order valence-electron chi connectivity index (χ4n) is 6.63. The molecular weight excluding hydrogens is 386 g/mol. The maximum absolute atomic E-state index is 13.6. The van der Waals surface area contributed by atoms with Crippen LogP contribution in [0.15, 0.2) is 12.2 Å². The van der Waals surface area contributed by atoms with Crippen molar-refractivity contribution in [3.05, 3.63) is 12.2 Å². The Balaban J connectivity index is 1.92.